The molecule has 2 aromatic carbocycles. The molecule has 0 spiro atoms. The molecule has 1 N–H and O–H groups in total. The number of anilines is 1. The summed E-state index contributed by atoms with van der Waals surface area (Å²) in [6.45, 7) is 1.18. The predicted molar refractivity (Wildman–Crippen MR) is 99.0 cm³/mol. The zero-order valence-electron chi connectivity index (χ0n) is 14.9. The summed E-state index contributed by atoms with van der Waals surface area (Å²) >= 11 is 0. The first-order valence-electron chi connectivity index (χ1n) is 7.80. The third-order valence-electron chi connectivity index (χ3n) is 3.88. The van der Waals surface area contributed by atoms with Gasteiger partial charge in [0, 0.05) is 14.1 Å². The molecule has 0 bridgehead atoms. The van der Waals surface area contributed by atoms with Crippen molar-refractivity contribution in [2.45, 2.75) is 22.0 Å². The van der Waals surface area contributed by atoms with Crippen LogP contribution in [0, 0.1) is 5.82 Å². The summed E-state index contributed by atoms with van der Waals surface area (Å²) in [6.07, 6.45) is 0. The van der Waals surface area contributed by atoms with Crippen LogP contribution in [0.4, 0.5) is 10.1 Å². The van der Waals surface area contributed by atoms with Crippen LogP contribution in [0.5, 0.6) is 0 Å². The maximum absolute atomic E-state index is 13.0. The van der Waals surface area contributed by atoms with Crippen molar-refractivity contribution >= 4 is 31.5 Å². The number of para-hydroxylation sites is 1. The second-order valence-electron chi connectivity index (χ2n) is 5.91. The first kappa shape index (κ1) is 21.0. The molecule has 2 rings (SSSR count). The van der Waals surface area contributed by atoms with Gasteiger partial charge in [0.2, 0.25) is 15.9 Å². The number of hydrogen-bond acceptors (Lipinski definition) is 5. The van der Waals surface area contributed by atoms with Gasteiger partial charge < -0.3 is 5.32 Å². The van der Waals surface area contributed by atoms with Crippen molar-refractivity contribution in [1.82, 2.24) is 4.31 Å². The number of sulfonamides is 1. The second-order valence-corrected chi connectivity index (χ2v) is 10.3. The highest BCUT2D eigenvalue weighted by molar-refractivity contribution is 7.92. The fourth-order valence-electron chi connectivity index (χ4n) is 2.20. The number of carbonyl (C=O) groups excluding carboxylic acids is 1. The summed E-state index contributed by atoms with van der Waals surface area (Å²) in [5.74, 6) is -1.50. The Kier molecular flexibility index (Phi) is 6.03. The van der Waals surface area contributed by atoms with Gasteiger partial charge in [0.15, 0.2) is 9.84 Å². The summed E-state index contributed by atoms with van der Waals surface area (Å²) in [6, 6.07) is 9.79. The lowest BCUT2D eigenvalue weighted by molar-refractivity contribution is -0.115. The minimum atomic E-state index is -4.08. The van der Waals surface area contributed by atoms with Crippen molar-refractivity contribution in [2.24, 2.45) is 0 Å². The van der Waals surface area contributed by atoms with Gasteiger partial charge >= 0.3 is 0 Å². The molecule has 27 heavy (non-hydrogen) atoms. The zero-order valence-corrected chi connectivity index (χ0v) is 16.5. The van der Waals surface area contributed by atoms with Crippen LogP contribution in [0.2, 0.25) is 0 Å². The zero-order chi connectivity index (χ0) is 20.4. The Bertz CT molecular complexity index is 1050. The van der Waals surface area contributed by atoms with E-state index in [0.717, 1.165) is 28.6 Å². The molecule has 7 nitrogen and oxygen atoms in total. The average Bonchev–Trinajstić information content (AvgIpc) is 2.61. The van der Waals surface area contributed by atoms with E-state index >= 15 is 0 Å². The van der Waals surface area contributed by atoms with Crippen LogP contribution in [0.15, 0.2) is 58.3 Å². The van der Waals surface area contributed by atoms with E-state index in [2.05, 4.69) is 5.32 Å². The minimum absolute atomic E-state index is 0.0302. The van der Waals surface area contributed by atoms with Gasteiger partial charge in [0.1, 0.15) is 16.0 Å². The number of nitrogens with one attached hydrogen (secondary N) is 1. The predicted octanol–water partition coefficient (Wildman–Crippen LogP) is 1.88. The van der Waals surface area contributed by atoms with Crippen molar-refractivity contribution in [2.75, 3.05) is 19.4 Å². The molecule has 0 aliphatic rings. The summed E-state index contributed by atoms with van der Waals surface area (Å²) in [4.78, 5) is 12.1. The van der Waals surface area contributed by atoms with Crippen molar-refractivity contribution in [3.8, 4) is 0 Å². The van der Waals surface area contributed by atoms with Gasteiger partial charge in [-0.1, -0.05) is 12.1 Å². The number of rotatable bonds is 6. The van der Waals surface area contributed by atoms with Crippen LogP contribution in [0.25, 0.3) is 0 Å². The van der Waals surface area contributed by atoms with Gasteiger partial charge in [-0.3, -0.25) is 4.79 Å². The van der Waals surface area contributed by atoms with Crippen molar-refractivity contribution < 1.29 is 26.0 Å². The number of amides is 1. The normalized spacial score (nSPS) is 13.4. The maximum atomic E-state index is 13.0. The molecule has 1 unspecified atom stereocenters. The highest BCUT2D eigenvalue weighted by atomic mass is 32.2. The lowest BCUT2D eigenvalue weighted by Crippen LogP contribution is -2.33. The van der Waals surface area contributed by atoms with Crippen LogP contribution in [0.1, 0.15) is 6.92 Å². The molecule has 10 heteroatoms. The Hall–Kier alpha value is -2.30. The van der Waals surface area contributed by atoms with Gasteiger partial charge in [-0.2, -0.15) is 0 Å². The van der Waals surface area contributed by atoms with E-state index in [0.29, 0.717) is 0 Å². The molecule has 0 radical (unpaired) electrons. The molecule has 1 atom stereocenters. The topological polar surface area (TPSA) is 101 Å². The molecule has 0 fully saturated rings. The van der Waals surface area contributed by atoms with E-state index in [1.54, 1.807) is 0 Å². The quantitative estimate of drug-likeness (QED) is 0.728. The van der Waals surface area contributed by atoms with E-state index in [1.807, 2.05) is 0 Å². The molecular formula is C17H19FN2O5S2. The Balaban J connectivity index is 2.34. The fraction of sp³-hybridized carbons (Fsp3) is 0.235. The van der Waals surface area contributed by atoms with E-state index in [9.17, 15) is 26.0 Å². The summed E-state index contributed by atoms with van der Waals surface area (Å²) < 4.78 is 63.9. The Morgan fingerprint density at radius 3 is 2.11 bits per heavy atom. The summed E-state index contributed by atoms with van der Waals surface area (Å²) in [5.41, 5.74) is -0.0302. The molecule has 0 heterocycles. The number of halogens is 1. The number of carbonyl (C=O) groups is 1. The lowest BCUT2D eigenvalue weighted by Gasteiger charge is -2.17. The molecule has 2 aromatic rings. The molecule has 0 saturated heterocycles. The van der Waals surface area contributed by atoms with E-state index in [-0.39, 0.29) is 15.5 Å². The Morgan fingerprint density at radius 1 is 1.00 bits per heavy atom. The Labute approximate surface area is 157 Å². The van der Waals surface area contributed by atoms with Gasteiger partial charge in [0.25, 0.3) is 0 Å². The van der Waals surface area contributed by atoms with Gasteiger partial charge in [-0.05, 0) is 43.3 Å². The van der Waals surface area contributed by atoms with Crippen molar-refractivity contribution in [3.05, 3.63) is 54.3 Å². The molecule has 0 aliphatic carbocycles. The summed E-state index contributed by atoms with van der Waals surface area (Å²) in [5, 5.41) is 0.845. The third kappa shape index (κ3) is 4.34. The summed E-state index contributed by atoms with van der Waals surface area (Å²) in [7, 11) is -5.24. The van der Waals surface area contributed by atoms with Gasteiger partial charge in [-0.25, -0.2) is 25.5 Å². The van der Waals surface area contributed by atoms with E-state index < -0.39 is 36.8 Å². The molecule has 0 saturated carbocycles. The number of nitrogens with zero attached hydrogens (tertiary/aromatic N) is 1. The largest absolute Gasteiger partial charge is 0.324 e. The molecule has 0 aromatic heterocycles. The first-order chi connectivity index (χ1) is 12.5. The van der Waals surface area contributed by atoms with Crippen LogP contribution >= 0.6 is 0 Å². The van der Waals surface area contributed by atoms with E-state index in [4.69, 9.17) is 0 Å². The van der Waals surface area contributed by atoms with Crippen LogP contribution in [0.3, 0.4) is 0 Å². The van der Waals surface area contributed by atoms with Crippen molar-refractivity contribution in [1.29, 1.82) is 0 Å². The fourth-order valence-corrected chi connectivity index (χ4v) is 4.50. The lowest BCUT2D eigenvalue weighted by atomic mass is 10.3. The third-order valence-corrected chi connectivity index (χ3v) is 7.83. The van der Waals surface area contributed by atoms with Crippen LogP contribution < -0.4 is 5.32 Å². The second kappa shape index (κ2) is 7.75. The highest BCUT2D eigenvalue weighted by Crippen LogP contribution is 2.24. The SMILES string of the molecule is CC(C(=O)Nc1ccccc1S(=O)(=O)N(C)C)S(=O)(=O)c1ccc(F)cc1. The standard InChI is InChI=1S/C17H19FN2O5S2/c1-12(26(22,23)14-10-8-13(18)9-11-14)17(21)19-15-6-4-5-7-16(15)27(24,25)20(2)3/h4-12H,1-3H3,(H,19,21). The smallest absolute Gasteiger partial charge is 0.244 e. The van der Waals surface area contributed by atoms with Crippen LogP contribution in [-0.4, -0.2) is 46.4 Å². The highest BCUT2D eigenvalue weighted by Gasteiger charge is 2.31. The number of hydrogen-bond donors (Lipinski definition) is 1. The molecule has 1 amide bonds. The molecular weight excluding hydrogens is 395 g/mol. The number of sulfone groups is 1. The van der Waals surface area contributed by atoms with Gasteiger partial charge in [0.05, 0.1) is 10.6 Å². The monoisotopic (exact) mass is 414 g/mol. The molecule has 146 valence electrons. The minimum Gasteiger partial charge on any atom is -0.324 e. The number of benzene rings is 2. The van der Waals surface area contributed by atoms with Crippen LogP contribution in [-0.2, 0) is 24.7 Å². The Morgan fingerprint density at radius 2 is 1.56 bits per heavy atom. The molecule has 0 aliphatic heterocycles. The maximum Gasteiger partial charge on any atom is 0.244 e. The van der Waals surface area contributed by atoms with E-state index in [1.165, 1.54) is 45.3 Å². The van der Waals surface area contributed by atoms with Gasteiger partial charge in [-0.15, -0.1) is 0 Å². The first-order valence-corrected chi connectivity index (χ1v) is 10.8. The van der Waals surface area contributed by atoms with Crippen molar-refractivity contribution in [3.63, 3.8) is 0 Å². The average molecular weight is 414 g/mol.